The van der Waals surface area contributed by atoms with Crippen molar-refractivity contribution in [3.63, 3.8) is 0 Å². The first-order chi connectivity index (χ1) is 6.38. The van der Waals surface area contributed by atoms with Crippen LogP contribution in [-0.4, -0.2) is 19.9 Å². The lowest BCUT2D eigenvalue weighted by molar-refractivity contribution is 0.407. The van der Waals surface area contributed by atoms with Gasteiger partial charge < -0.3 is 10.3 Å². The summed E-state index contributed by atoms with van der Waals surface area (Å²) in [5, 5.41) is 7.75. The summed E-state index contributed by atoms with van der Waals surface area (Å²) in [5.74, 6) is 0.603. The van der Waals surface area contributed by atoms with E-state index in [4.69, 9.17) is 5.73 Å². The van der Waals surface area contributed by atoms with Crippen LogP contribution < -0.4 is 5.73 Å². The summed E-state index contributed by atoms with van der Waals surface area (Å²) in [7, 11) is 0. The number of hydrogen-bond donors (Lipinski definition) is 1. The third-order valence-corrected chi connectivity index (χ3v) is 1.63. The molecule has 2 N–H and O–H groups in total. The quantitative estimate of drug-likeness (QED) is 0.703. The first-order valence-corrected chi connectivity index (χ1v) is 3.85. The van der Waals surface area contributed by atoms with Gasteiger partial charge in [0.25, 0.3) is 0 Å². The van der Waals surface area contributed by atoms with E-state index < -0.39 is 0 Å². The zero-order valence-corrected chi connectivity index (χ0v) is 6.92. The Morgan fingerprint density at radius 3 is 3.08 bits per heavy atom. The molecule has 0 aliphatic carbocycles. The minimum absolute atomic E-state index is 0.492. The SMILES string of the molecule is NCc1cnn(Cc2ncon2)c1. The number of rotatable bonds is 3. The average molecular weight is 179 g/mol. The van der Waals surface area contributed by atoms with Gasteiger partial charge >= 0.3 is 0 Å². The van der Waals surface area contributed by atoms with E-state index in [0.717, 1.165) is 5.56 Å². The van der Waals surface area contributed by atoms with Gasteiger partial charge in [0.1, 0.15) is 6.54 Å². The molecular weight excluding hydrogens is 170 g/mol. The molecule has 6 heteroatoms. The number of nitrogens with zero attached hydrogens (tertiary/aromatic N) is 4. The summed E-state index contributed by atoms with van der Waals surface area (Å²) in [4.78, 5) is 3.88. The Kier molecular flexibility index (Phi) is 2.05. The normalized spacial score (nSPS) is 10.5. The highest BCUT2D eigenvalue weighted by Gasteiger charge is 2.01. The van der Waals surface area contributed by atoms with Crippen molar-refractivity contribution in [3.8, 4) is 0 Å². The van der Waals surface area contributed by atoms with E-state index in [1.807, 2.05) is 6.20 Å². The molecule has 0 aromatic carbocycles. The van der Waals surface area contributed by atoms with Crippen LogP contribution in [0.15, 0.2) is 23.3 Å². The summed E-state index contributed by atoms with van der Waals surface area (Å²) in [6.07, 6.45) is 4.87. The van der Waals surface area contributed by atoms with Gasteiger partial charge in [-0.1, -0.05) is 5.16 Å². The van der Waals surface area contributed by atoms with E-state index in [1.165, 1.54) is 6.39 Å². The van der Waals surface area contributed by atoms with Gasteiger partial charge in [-0.3, -0.25) is 4.68 Å². The van der Waals surface area contributed by atoms with Crippen LogP contribution >= 0.6 is 0 Å². The highest BCUT2D eigenvalue weighted by Crippen LogP contribution is 1.98. The largest absolute Gasteiger partial charge is 0.343 e. The van der Waals surface area contributed by atoms with Crippen LogP contribution in [0.5, 0.6) is 0 Å². The lowest BCUT2D eigenvalue weighted by atomic mass is 10.4. The topological polar surface area (TPSA) is 82.8 Å². The van der Waals surface area contributed by atoms with Crippen molar-refractivity contribution in [2.75, 3.05) is 0 Å². The highest BCUT2D eigenvalue weighted by molar-refractivity contribution is 5.03. The van der Waals surface area contributed by atoms with Crippen molar-refractivity contribution < 1.29 is 4.52 Å². The molecule has 0 saturated carbocycles. The second-order valence-corrected chi connectivity index (χ2v) is 2.60. The summed E-state index contributed by atoms with van der Waals surface area (Å²) >= 11 is 0. The summed E-state index contributed by atoms with van der Waals surface area (Å²) in [6, 6.07) is 0. The van der Waals surface area contributed by atoms with Gasteiger partial charge in [-0.15, -0.1) is 0 Å². The van der Waals surface area contributed by atoms with Crippen LogP contribution in [0, 0.1) is 0 Å². The first-order valence-electron chi connectivity index (χ1n) is 3.85. The predicted octanol–water partition coefficient (Wildman–Crippen LogP) is -0.227. The number of aromatic nitrogens is 4. The summed E-state index contributed by atoms with van der Waals surface area (Å²) < 4.78 is 6.31. The maximum atomic E-state index is 5.43. The Labute approximate surface area is 74.4 Å². The molecule has 0 aliphatic rings. The fraction of sp³-hybridized carbons (Fsp3) is 0.286. The third-order valence-electron chi connectivity index (χ3n) is 1.63. The molecule has 2 heterocycles. The Balaban J connectivity index is 2.10. The monoisotopic (exact) mass is 179 g/mol. The highest BCUT2D eigenvalue weighted by atomic mass is 16.5. The van der Waals surface area contributed by atoms with Gasteiger partial charge in [0.05, 0.1) is 6.20 Å². The molecule has 0 atom stereocenters. The molecule has 0 radical (unpaired) electrons. The van der Waals surface area contributed by atoms with Gasteiger partial charge in [-0.05, 0) is 0 Å². The maximum absolute atomic E-state index is 5.43. The molecule has 68 valence electrons. The Hall–Kier alpha value is -1.69. The van der Waals surface area contributed by atoms with Crippen molar-refractivity contribution in [2.24, 2.45) is 5.73 Å². The third kappa shape index (κ3) is 1.73. The van der Waals surface area contributed by atoms with E-state index in [0.29, 0.717) is 18.9 Å². The number of hydrogen-bond acceptors (Lipinski definition) is 5. The van der Waals surface area contributed by atoms with Gasteiger partial charge in [0.15, 0.2) is 5.82 Å². The lowest BCUT2D eigenvalue weighted by Gasteiger charge is -1.93. The predicted molar refractivity (Wildman–Crippen MR) is 43.5 cm³/mol. The molecule has 0 amide bonds. The van der Waals surface area contributed by atoms with Crippen molar-refractivity contribution in [3.05, 3.63) is 30.2 Å². The van der Waals surface area contributed by atoms with Crippen LogP contribution in [0.2, 0.25) is 0 Å². The number of nitrogens with two attached hydrogens (primary N) is 1. The summed E-state index contributed by atoms with van der Waals surface area (Å²) in [5.41, 5.74) is 6.42. The fourth-order valence-electron chi connectivity index (χ4n) is 1.01. The van der Waals surface area contributed by atoms with Crippen molar-refractivity contribution in [1.82, 2.24) is 19.9 Å². The Morgan fingerprint density at radius 2 is 2.46 bits per heavy atom. The van der Waals surface area contributed by atoms with Crippen LogP contribution in [0.4, 0.5) is 0 Å². The summed E-state index contributed by atoms with van der Waals surface area (Å²) in [6.45, 7) is 1.00. The van der Waals surface area contributed by atoms with E-state index in [9.17, 15) is 0 Å². The average Bonchev–Trinajstić information content (AvgIpc) is 2.76. The molecule has 13 heavy (non-hydrogen) atoms. The lowest BCUT2D eigenvalue weighted by Crippen LogP contribution is -2.01. The molecule has 6 nitrogen and oxygen atoms in total. The van der Waals surface area contributed by atoms with E-state index >= 15 is 0 Å². The molecule has 0 unspecified atom stereocenters. The van der Waals surface area contributed by atoms with Crippen molar-refractivity contribution in [2.45, 2.75) is 13.1 Å². The molecule has 0 bridgehead atoms. The van der Waals surface area contributed by atoms with Crippen LogP contribution in [0.25, 0.3) is 0 Å². The second-order valence-electron chi connectivity index (χ2n) is 2.60. The molecule has 0 spiro atoms. The zero-order chi connectivity index (χ0) is 9.10. The molecule has 0 fully saturated rings. The zero-order valence-electron chi connectivity index (χ0n) is 6.92. The smallest absolute Gasteiger partial charge is 0.213 e. The van der Waals surface area contributed by atoms with Crippen LogP contribution in [-0.2, 0) is 13.1 Å². The van der Waals surface area contributed by atoms with Crippen molar-refractivity contribution >= 4 is 0 Å². The second kappa shape index (κ2) is 3.36. The molecule has 0 aliphatic heterocycles. The van der Waals surface area contributed by atoms with E-state index in [1.54, 1.807) is 10.9 Å². The fourth-order valence-corrected chi connectivity index (χ4v) is 1.01. The molecule has 2 aromatic rings. The first kappa shape index (κ1) is 7.93. The van der Waals surface area contributed by atoms with Crippen LogP contribution in [0.1, 0.15) is 11.4 Å². The van der Waals surface area contributed by atoms with Crippen LogP contribution in [0.3, 0.4) is 0 Å². The molecule has 2 aromatic heterocycles. The molecule has 0 saturated heterocycles. The van der Waals surface area contributed by atoms with E-state index in [2.05, 4.69) is 19.8 Å². The maximum Gasteiger partial charge on any atom is 0.213 e. The molecular formula is C7H9N5O. The van der Waals surface area contributed by atoms with Crippen molar-refractivity contribution in [1.29, 1.82) is 0 Å². The van der Waals surface area contributed by atoms with Gasteiger partial charge in [0, 0.05) is 18.3 Å². The minimum Gasteiger partial charge on any atom is -0.343 e. The standard InChI is InChI=1S/C7H9N5O/c8-1-6-2-10-12(3-6)4-7-9-5-13-11-7/h2-3,5H,1,4,8H2. The Morgan fingerprint density at radius 1 is 1.54 bits per heavy atom. The van der Waals surface area contributed by atoms with Gasteiger partial charge in [-0.2, -0.15) is 10.1 Å². The van der Waals surface area contributed by atoms with Gasteiger partial charge in [-0.25, -0.2) is 0 Å². The van der Waals surface area contributed by atoms with Gasteiger partial charge in [0.2, 0.25) is 6.39 Å². The molecule has 2 rings (SSSR count). The van der Waals surface area contributed by atoms with E-state index in [-0.39, 0.29) is 0 Å². The Bertz CT molecular complexity index is 366. The minimum atomic E-state index is 0.492.